The highest BCUT2D eigenvalue weighted by atomic mass is 16.7. The predicted molar refractivity (Wildman–Crippen MR) is 83.4 cm³/mol. The molecule has 4 rings (SSSR count). The van der Waals surface area contributed by atoms with Gasteiger partial charge in [0.2, 0.25) is 6.79 Å². The quantitative estimate of drug-likeness (QED) is 0.912. The zero-order valence-electron chi connectivity index (χ0n) is 12.6. The number of fused-ring (bicyclic) bond motifs is 1. The largest absolute Gasteiger partial charge is 0.454 e. The number of amides is 1. The number of rotatable bonds is 2. The van der Waals surface area contributed by atoms with Crippen molar-refractivity contribution in [1.29, 1.82) is 0 Å². The standard InChI is InChI=1S/C17H17N3O3/c21-17(13-4-1-5-15-16(13)23-11-22-15)20-8-7-19-10-14(20)12-3-2-6-18-9-12/h1-6,9,14,19H,7-8,10-11H2. The van der Waals surface area contributed by atoms with E-state index in [1.54, 1.807) is 12.3 Å². The fraction of sp³-hybridized carbons (Fsp3) is 0.294. The average Bonchev–Trinajstić information content (AvgIpc) is 3.10. The average molecular weight is 311 g/mol. The van der Waals surface area contributed by atoms with Crippen molar-refractivity contribution < 1.29 is 14.3 Å². The first-order valence-corrected chi connectivity index (χ1v) is 7.65. The summed E-state index contributed by atoms with van der Waals surface area (Å²) in [5, 5.41) is 3.34. The van der Waals surface area contributed by atoms with Gasteiger partial charge in [0.15, 0.2) is 11.5 Å². The van der Waals surface area contributed by atoms with Crippen LogP contribution in [0.15, 0.2) is 42.7 Å². The smallest absolute Gasteiger partial charge is 0.258 e. The Morgan fingerprint density at radius 2 is 2.22 bits per heavy atom. The van der Waals surface area contributed by atoms with Crippen LogP contribution in [0.25, 0.3) is 0 Å². The number of benzene rings is 1. The number of aromatic nitrogens is 1. The van der Waals surface area contributed by atoms with Crippen molar-refractivity contribution in [2.45, 2.75) is 6.04 Å². The molecule has 1 unspecified atom stereocenters. The van der Waals surface area contributed by atoms with E-state index in [0.717, 1.165) is 12.1 Å². The maximum absolute atomic E-state index is 13.1. The number of piperazine rings is 1. The number of carbonyl (C=O) groups is 1. The van der Waals surface area contributed by atoms with Gasteiger partial charge in [0.25, 0.3) is 5.91 Å². The van der Waals surface area contributed by atoms with E-state index < -0.39 is 0 Å². The Hall–Kier alpha value is -2.60. The molecule has 23 heavy (non-hydrogen) atoms. The second-order valence-corrected chi connectivity index (χ2v) is 5.54. The van der Waals surface area contributed by atoms with Gasteiger partial charge in [0.1, 0.15) is 0 Å². The SMILES string of the molecule is O=C(c1cccc2c1OCO2)N1CCNCC1c1cccnc1. The van der Waals surface area contributed by atoms with E-state index in [9.17, 15) is 4.79 Å². The molecule has 1 fully saturated rings. The summed E-state index contributed by atoms with van der Waals surface area (Å²) in [7, 11) is 0. The molecular formula is C17H17N3O3. The molecular weight excluding hydrogens is 294 g/mol. The highest BCUT2D eigenvalue weighted by molar-refractivity contribution is 5.98. The molecule has 6 nitrogen and oxygen atoms in total. The molecule has 3 heterocycles. The number of ether oxygens (including phenoxy) is 2. The minimum absolute atomic E-state index is 0.0388. The lowest BCUT2D eigenvalue weighted by Crippen LogP contribution is -2.48. The van der Waals surface area contributed by atoms with Crippen LogP contribution >= 0.6 is 0 Å². The summed E-state index contributed by atoms with van der Waals surface area (Å²) in [6, 6.07) is 9.28. The van der Waals surface area contributed by atoms with Crippen LogP contribution in [0, 0.1) is 0 Å². The van der Waals surface area contributed by atoms with Crippen LogP contribution in [-0.2, 0) is 0 Å². The van der Waals surface area contributed by atoms with Gasteiger partial charge in [-0.25, -0.2) is 0 Å². The van der Waals surface area contributed by atoms with Crippen LogP contribution < -0.4 is 14.8 Å². The van der Waals surface area contributed by atoms with Crippen LogP contribution in [0.3, 0.4) is 0 Å². The van der Waals surface area contributed by atoms with E-state index in [4.69, 9.17) is 9.47 Å². The molecule has 1 aromatic carbocycles. The number of hydrogen-bond donors (Lipinski definition) is 1. The van der Waals surface area contributed by atoms with Crippen molar-refractivity contribution in [3.8, 4) is 11.5 Å². The lowest BCUT2D eigenvalue weighted by Gasteiger charge is -2.36. The summed E-state index contributed by atoms with van der Waals surface area (Å²) < 4.78 is 10.9. The first-order valence-electron chi connectivity index (χ1n) is 7.65. The molecule has 1 amide bonds. The summed E-state index contributed by atoms with van der Waals surface area (Å²) in [5.74, 6) is 1.13. The van der Waals surface area contributed by atoms with E-state index in [1.807, 2.05) is 35.4 Å². The lowest BCUT2D eigenvalue weighted by molar-refractivity contribution is 0.0629. The van der Waals surface area contributed by atoms with Crippen molar-refractivity contribution in [1.82, 2.24) is 15.2 Å². The van der Waals surface area contributed by atoms with Gasteiger partial charge in [-0.15, -0.1) is 0 Å². The van der Waals surface area contributed by atoms with E-state index in [2.05, 4.69) is 10.3 Å². The van der Waals surface area contributed by atoms with E-state index in [-0.39, 0.29) is 18.7 Å². The van der Waals surface area contributed by atoms with Crippen LogP contribution in [0.1, 0.15) is 22.0 Å². The van der Waals surface area contributed by atoms with Gasteiger partial charge in [-0.2, -0.15) is 0 Å². The summed E-state index contributed by atoms with van der Waals surface area (Å²) in [5.41, 5.74) is 1.58. The molecule has 0 aliphatic carbocycles. The number of nitrogens with zero attached hydrogens (tertiary/aromatic N) is 2. The normalized spacial score (nSPS) is 19.7. The highest BCUT2D eigenvalue weighted by Gasteiger charge is 2.32. The minimum Gasteiger partial charge on any atom is -0.454 e. The molecule has 0 spiro atoms. The molecule has 1 saturated heterocycles. The van der Waals surface area contributed by atoms with Crippen LogP contribution in [0.5, 0.6) is 11.5 Å². The summed E-state index contributed by atoms with van der Waals surface area (Å²) >= 11 is 0. The topological polar surface area (TPSA) is 63.7 Å². The van der Waals surface area contributed by atoms with Crippen LogP contribution in [0.2, 0.25) is 0 Å². The molecule has 2 aliphatic heterocycles. The fourth-order valence-electron chi connectivity index (χ4n) is 3.07. The summed E-state index contributed by atoms with van der Waals surface area (Å²) in [4.78, 5) is 19.1. The second kappa shape index (κ2) is 5.89. The number of pyridine rings is 1. The Bertz CT molecular complexity index is 720. The van der Waals surface area contributed by atoms with Crippen molar-refractivity contribution in [3.63, 3.8) is 0 Å². The third kappa shape index (κ3) is 2.51. The van der Waals surface area contributed by atoms with E-state index in [1.165, 1.54) is 0 Å². The first-order chi connectivity index (χ1) is 11.3. The Balaban J connectivity index is 1.68. The lowest BCUT2D eigenvalue weighted by atomic mass is 10.0. The Kier molecular flexibility index (Phi) is 3.59. The van der Waals surface area contributed by atoms with Crippen molar-refractivity contribution in [2.24, 2.45) is 0 Å². The second-order valence-electron chi connectivity index (χ2n) is 5.54. The van der Waals surface area contributed by atoms with Gasteiger partial charge in [0.05, 0.1) is 11.6 Å². The molecule has 118 valence electrons. The van der Waals surface area contributed by atoms with Gasteiger partial charge in [-0.05, 0) is 23.8 Å². The predicted octanol–water partition coefficient (Wildman–Crippen LogP) is 1.60. The van der Waals surface area contributed by atoms with Gasteiger partial charge >= 0.3 is 0 Å². The maximum atomic E-state index is 13.1. The van der Waals surface area contributed by atoms with Crippen LogP contribution in [0.4, 0.5) is 0 Å². The molecule has 2 aliphatic rings. The molecule has 6 heteroatoms. The van der Waals surface area contributed by atoms with E-state index in [0.29, 0.717) is 30.2 Å². The zero-order chi connectivity index (χ0) is 15.6. The number of carbonyl (C=O) groups excluding carboxylic acids is 1. The van der Waals surface area contributed by atoms with Gasteiger partial charge < -0.3 is 19.7 Å². The fourth-order valence-corrected chi connectivity index (χ4v) is 3.07. The molecule has 1 atom stereocenters. The first kappa shape index (κ1) is 14.0. The maximum Gasteiger partial charge on any atom is 0.258 e. The molecule has 0 bridgehead atoms. The van der Waals surface area contributed by atoms with Gasteiger partial charge in [-0.1, -0.05) is 12.1 Å². The van der Waals surface area contributed by atoms with Gasteiger partial charge in [-0.3, -0.25) is 9.78 Å². The van der Waals surface area contributed by atoms with E-state index >= 15 is 0 Å². The Morgan fingerprint density at radius 1 is 1.26 bits per heavy atom. The minimum atomic E-state index is -0.0392. The summed E-state index contributed by atoms with van der Waals surface area (Å²) in [6.45, 7) is 2.29. The number of para-hydroxylation sites is 1. The molecule has 0 radical (unpaired) electrons. The highest BCUT2D eigenvalue weighted by Crippen LogP contribution is 2.37. The van der Waals surface area contributed by atoms with Crippen molar-refractivity contribution >= 4 is 5.91 Å². The molecule has 2 aromatic rings. The monoisotopic (exact) mass is 311 g/mol. The van der Waals surface area contributed by atoms with Crippen molar-refractivity contribution in [3.05, 3.63) is 53.9 Å². The van der Waals surface area contributed by atoms with Crippen molar-refractivity contribution in [2.75, 3.05) is 26.4 Å². The van der Waals surface area contributed by atoms with Gasteiger partial charge in [0, 0.05) is 32.0 Å². The molecule has 1 aromatic heterocycles. The Labute approximate surface area is 134 Å². The Morgan fingerprint density at radius 3 is 3.09 bits per heavy atom. The molecule has 0 saturated carbocycles. The summed E-state index contributed by atoms with van der Waals surface area (Å²) in [6.07, 6.45) is 3.55. The number of nitrogens with one attached hydrogen (secondary N) is 1. The third-order valence-electron chi connectivity index (χ3n) is 4.20. The zero-order valence-corrected chi connectivity index (χ0v) is 12.6. The molecule has 1 N–H and O–H groups in total. The number of hydrogen-bond acceptors (Lipinski definition) is 5. The third-order valence-corrected chi connectivity index (χ3v) is 4.20. The van der Waals surface area contributed by atoms with Crippen LogP contribution in [-0.4, -0.2) is 42.2 Å².